The summed E-state index contributed by atoms with van der Waals surface area (Å²) in [5, 5.41) is 12.7. The van der Waals surface area contributed by atoms with Crippen molar-refractivity contribution in [3.8, 4) is 0 Å². The van der Waals surface area contributed by atoms with Crippen molar-refractivity contribution in [3.05, 3.63) is 0 Å². The van der Waals surface area contributed by atoms with Crippen LogP contribution in [0, 0.1) is 5.41 Å². The fourth-order valence-corrected chi connectivity index (χ4v) is 3.07. The summed E-state index contributed by atoms with van der Waals surface area (Å²) in [6.45, 7) is 14.5. The van der Waals surface area contributed by atoms with Crippen molar-refractivity contribution in [2.45, 2.75) is 39.4 Å². The molecule has 20 heavy (non-hydrogen) atoms. The van der Waals surface area contributed by atoms with Gasteiger partial charge in [-0.05, 0) is 20.8 Å². The van der Waals surface area contributed by atoms with Crippen molar-refractivity contribution < 1.29 is 5.11 Å². The van der Waals surface area contributed by atoms with Crippen LogP contribution in [0.1, 0.15) is 34.6 Å². The Labute approximate surface area is 145 Å². The number of nitrogens with zero attached hydrogens (tertiary/aromatic N) is 2. The molecule has 0 unspecified atom stereocenters. The van der Waals surface area contributed by atoms with Gasteiger partial charge in [0.2, 0.25) is 0 Å². The van der Waals surface area contributed by atoms with E-state index in [2.05, 4.69) is 31.0 Å². The van der Waals surface area contributed by atoms with Gasteiger partial charge in [0.25, 0.3) is 0 Å². The molecule has 1 fully saturated rings. The zero-order chi connectivity index (χ0) is 14.5. The Kier molecular flexibility index (Phi) is 8.81. The van der Waals surface area contributed by atoms with Crippen LogP contribution in [0.25, 0.3) is 0 Å². The lowest BCUT2D eigenvalue weighted by Gasteiger charge is -2.39. The molecule has 6 heteroatoms. The second-order valence-electron chi connectivity index (χ2n) is 6.52. The summed E-state index contributed by atoms with van der Waals surface area (Å²) < 4.78 is 0.279. The number of hydrogen-bond acceptors (Lipinski definition) is 3. The number of aliphatic hydroxyl groups is 1. The largest absolute Gasteiger partial charge is 0.396 e. The smallest absolute Gasteiger partial charge is 0.194 e. The number of rotatable bonds is 4. The van der Waals surface area contributed by atoms with Crippen LogP contribution in [0.3, 0.4) is 0 Å². The summed E-state index contributed by atoms with van der Waals surface area (Å²) >= 11 is 2.02. The van der Waals surface area contributed by atoms with E-state index in [4.69, 9.17) is 4.99 Å². The molecule has 0 saturated carbocycles. The summed E-state index contributed by atoms with van der Waals surface area (Å²) in [7, 11) is 0. The van der Waals surface area contributed by atoms with Gasteiger partial charge in [0.15, 0.2) is 5.96 Å². The Hall–Kier alpha value is 0.310. The first kappa shape index (κ1) is 20.3. The van der Waals surface area contributed by atoms with E-state index in [0.29, 0.717) is 6.54 Å². The first-order valence-electron chi connectivity index (χ1n) is 7.08. The number of aliphatic imine (C=N–C) groups is 1. The summed E-state index contributed by atoms with van der Waals surface area (Å²) in [5.41, 5.74) is -0.152. The van der Waals surface area contributed by atoms with E-state index in [0.717, 1.165) is 31.3 Å². The maximum absolute atomic E-state index is 9.32. The summed E-state index contributed by atoms with van der Waals surface area (Å²) in [6.07, 6.45) is 0. The summed E-state index contributed by atoms with van der Waals surface area (Å²) in [6, 6.07) is 0. The SMILES string of the molecule is CCNC(=NCC(C)(C)CO)N1CCSC(C)(C)C1.I. The second-order valence-corrected chi connectivity index (χ2v) is 8.32. The third-order valence-electron chi connectivity index (χ3n) is 3.14. The van der Waals surface area contributed by atoms with Crippen LogP contribution in [-0.4, -0.2) is 59.3 Å². The van der Waals surface area contributed by atoms with Crippen molar-refractivity contribution in [3.63, 3.8) is 0 Å². The molecule has 0 spiro atoms. The van der Waals surface area contributed by atoms with Gasteiger partial charge in [-0.15, -0.1) is 24.0 Å². The number of thioether (sulfide) groups is 1. The highest BCUT2D eigenvalue weighted by Gasteiger charge is 2.29. The van der Waals surface area contributed by atoms with Gasteiger partial charge < -0.3 is 15.3 Å². The van der Waals surface area contributed by atoms with Crippen molar-refractivity contribution in [2.75, 3.05) is 38.5 Å². The van der Waals surface area contributed by atoms with E-state index < -0.39 is 0 Å². The quantitative estimate of drug-likeness (QED) is 0.421. The fourth-order valence-electron chi connectivity index (χ4n) is 1.96. The van der Waals surface area contributed by atoms with Gasteiger partial charge in [-0.25, -0.2) is 0 Å². The van der Waals surface area contributed by atoms with Gasteiger partial charge in [0, 0.05) is 42.2 Å². The Balaban J connectivity index is 0.00000361. The van der Waals surface area contributed by atoms with Crippen molar-refractivity contribution in [1.29, 1.82) is 0 Å². The lowest BCUT2D eigenvalue weighted by Crippen LogP contribution is -2.51. The minimum atomic E-state index is -0.152. The highest BCUT2D eigenvalue weighted by atomic mass is 127. The van der Waals surface area contributed by atoms with Crippen molar-refractivity contribution in [2.24, 2.45) is 10.4 Å². The van der Waals surface area contributed by atoms with Crippen LogP contribution in [-0.2, 0) is 0 Å². The number of hydrogen-bond donors (Lipinski definition) is 2. The maximum Gasteiger partial charge on any atom is 0.194 e. The zero-order valence-corrected chi connectivity index (χ0v) is 16.5. The molecule has 0 bridgehead atoms. The normalized spacial score (nSPS) is 19.5. The predicted molar refractivity (Wildman–Crippen MR) is 100 cm³/mol. The lowest BCUT2D eigenvalue weighted by atomic mass is 9.95. The Morgan fingerprint density at radius 3 is 2.60 bits per heavy atom. The van der Waals surface area contributed by atoms with Crippen LogP contribution in [0.4, 0.5) is 0 Å². The van der Waals surface area contributed by atoms with Gasteiger partial charge in [-0.1, -0.05) is 13.8 Å². The topological polar surface area (TPSA) is 47.9 Å². The zero-order valence-electron chi connectivity index (χ0n) is 13.4. The molecule has 0 aromatic rings. The Morgan fingerprint density at radius 2 is 2.10 bits per heavy atom. The predicted octanol–water partition coefficient (Wildman–Crippen LogP) is 2.42. The first-order chi connectivity index (χ1) is 8.79. The number of nitrogens with one attached hydrogen (secondary N) is 1. The van der Waals surface area contributed by atoms with E-state index in [1.54, 1.807) is 0 Å². The summed E-state index contributed by atoms with van der Waals surface area (Å²) in [5.74, 6) is 2.12. The minimum absolute atomic E-state index is 0. The molecular formula is C14H30IN3OS. The first-order valence-corrected chi connectivity index (χ1v) is 8.06. The third-order valence-corrected chi connectivity index (χ3v) is 4.44. The Bertz CT molecular complexity index is 322. The highest BCUT2D eigenvalue weighted by Crippen LogP contribution is 2.29. The minimum Gasteiger partial charge on any atom is -0.396 e. The highest BCUT2D eigenvalue weighted by molar-refractivity contribution is 14.0. The standard InChI is InChI=1S/C14H29N3OS.HI/c1-6-15-12(16-9-13(2,3)11-18)17-7-8-19-14(4,5)10-17;/h18H,6-11H2,1-5H3,(H,15,16);1H. The van der Waals surface area contributed by atoms with Crippen molar-refractivity contribution >= 4 is 41.7 Å². The molecule has 0 atom stereocenters. The molecule has 1 aliphatic rings. The number of guanidine groups is 1. The molecule has 2 N–H and O–H groups in total. The van der Waals surface area contributed by atoms with E-state index in [1.165, 1.54) is 0 Å². The van der Waals surface area contributed by atoms with E-state index >= 15 is 0 Å². The third kappa shape index (κ3) is 6.85. The van der Waals surface area contributed by atoms with Gasteiger partial charge >= 0.3 is 0 Å². The van der Waals surface area contributed by atoms with E-state index in [9.17, 15) is 5.11 Å². The van der Waals surface area contributed by atoms with E-state index in [1.807, 2.05) is 25.6 Å². The van der Waals surface area contributed by atoms with Gasteiger partial charge in [-0.3, -0.25) is 4.99 Å². The molecule has 0 aliphatic carbocycles. The maximum atomic E-state index is 9.32. The molecular weight excluding hydrogens is 385 g/mol. The van der Waals surface area contributed by atoms with Gasteiger partial charge in [-0.2, -0.15) is 11.8 Å². The van der Waals surface area contributed by atoms with Crippen molar-refractivity contribution in [1.82, 2.24) is 10.2 Å². The van der Waals surface area contributed by atoms with Gasteiger partial charge in [0.1, 0.15) is 0 Å². The number of halogens is 1. The summed E-state index contributed by atoms with van der Waals surface area (Å²) in [4.78, 5) is 7.05. The molecule has 120 valence electrons. The molecule has 0 aromatic heterocycles. The molecule has 0 amide bonds. The van der Waals surface area contributed by atoms with Crippen LogP contribution in [0.2, 0.25) is 0 Å². The second kappa shape index (κ2) is 8.68. The molecule has 4 nitrogen and oxygen atoms in total. The molecule has 1 aliphatic heterocycles. The fraction of sp³-hybridized carbons (Fsp3) is 0.929. The lowest BCUT2D eigenvalue weighted by molar-refractivity contribution is 0.166. The molecule has 1 rings (SSSR count). The monoisotopic (exact) mass is 415 g/mol. The molecule has 1 heterocycles. The van der Waals surface area contributed by atoms with Crippen LogP contribution >= 0.6 is 35.7 Å². The van der Waals surface area contributed by atoms with E-state index in [-0.39, 0.29) is 40.7 Å². The van der Waals surface area contributed by atoms with Gasteiger partial charge in [0.05, 0.1) is 6.54 Å². The molecule has 1 saturated heterocycles. The van der Waals surface area contributed by atoms with Crippen LogP contribution in [0.5, 0.6) is 0 Å². The van der Waals surface area contributed by atoms with Crippen LogP contribution in [0.15, 0.2) is 4.99 Å². The Morgan fingerprint density at radius 1 is 1.45 bits per heavy atom. The molecule has 0 radical (unpaired) electrons. The average molecular weight is 415 g/mol. The van der Waals surface area contributed by atoms with Crippen LogP contribution < -0.4 is 5.32 Å². The molecule has 0 aromatic carbocycles. The average Bonchev–Trinajstić information content (AvgIpc) is 2.33. The number of aliphatic hydroxyl groups excluding tert-OH is 1.